The second kappa shape index (κ2) is 6.75. The largest absolute Gasteiger partial charge is 0.488 e. The number of hydrogen-bond acceptors (Lipinski definition) is 4. The first-order chi connectivity index (χ1) is 9.62. The molecule has 110 valence electrons. The number of carbonyl (C=O) groups excluding carboxylic acids is 1. The monoisotopic (exact) mass is 277 g/mol. The summed E-state index contributed by atoms with van der Waals surface area (Å²) in [6.45, 7) is 6.17. The number of ether oxygens (including phenoxy) is 2. The summed E-state index contributed by atoms with van der Waals surface area (Å²) in [5.74, 6) is 0.792. The minimum Gasteiger partial charge on any atom is -0.488 e. The minimum absolute atomic E-state index is 0.128. The van der Waals surface area contributed by atoms with Crippen LogP contribution in [0.5, 0.6) is 5.75 Å². The SMILES string of the molecule is CCCN(CC(=O)OC)CC1Cc2cc(C)ccc2O1. The van der Waals surface area contributed by atoms with Gasteiger partial charge >= 0.3 is 5.97 Å². The van der Waals surface area contributed by atoms with E-state index in [1.54, 1.807) is 0 Å². The summed E-state index contributed by atoms with van der Waals surface area (Å²) in [4.78, 5) is 13.5. The van der Waals surface area contributed by atoms with Crippen molar-refractivity contribution < 1.29 is 14.3 Å². The summed E-state index contributed by atoms with van der Waals surface area (Å²) in [7, 11) is 1.43. The predicted octanol–water partition coefficient (Wildman–Crippen LogP) is 2.18. The third-order valence-corrected chi connectivity index (χ3v) is 3.54. The molecule has 0 amide bonds. The molecule has 1 aliphatic rings. The van der Waals surface area contributed by atoms with Gasteiger partial charge in [-0.1, -0.05) is 24.6 Å². The van der Waals surface area contributed by atoms with Crippen LogP contribution in [0, 0.1) is 6.92 Å². The Morgan fingerprint density at radius 1 is 1.50 bits per heavy atom. The van der Waals surface area contributed by atoms with E-state index in [1.165, 1.54) is 18.2 Å². The molecule has 0 fully saturated rings. The Morgan fingerprint density at radius 2 is 2.30 bits per heavy atom. The van der Waals surface area contributed by atoms with Gasteiger partial charge in [0, 0.05) is 13.0 Å². The Bertz CT molecular complexity index is 473. The van der Waals surface area contributed by atoms with Crippen LogP contribution in [-0.4, -0.2) is 43.7 Å². The Morgan fingerprint density at radius 3 is 3.00 bits per heavy atom. The fourth-order valence-corrected chi connectivity index (χ4v) is 2.64. The number of fused-ring (bicyclic) bond motifs is 1. The van der Waals surface area contributed by atoms with E-state index < -0.39 is 0 Å². The summed E-state index contributed by atoms with van der Waals surface area (Å²) in [5, 5.41) is 0. The van der Waals surface area contributed by atoms with Crippen molar-refractivity contribution in [2.24, 2.45) is 0 Å². The number of nitrogens with zero attached hydrogens (tertiary/aromatic N) is 1. The average molecular weight is 277 g/mol. The van der Waals surface area contributed by atoms with Crippen LogP contribution < -0.4 is 4.74 Å². The van der Waals surface area contributed by atoms with E-state index in [9.17, 15) is 4.79 Å². The van der Waals surface area contributed by atoms with Crippen molar-refractivity contribution in [3.8, 4) is 5.75 Å². The van der Waals surface area contributed by atoms with Gasteiger partial charge in [-0.05, 0) is 31.5 Å². The average Bonchev–Trinajstić information content (AvgIpc) is 2.80. The van der Waals surface area contributed by atoms with Crippen molar-refractivity contribution in [2.45, 2.75) is 32.8 Å². The standard InChI is InChI=1S/C16H23NO3/c1-4-7-17(11-16(18)19-3)10-14-9-13-8-12(2)5-6-15(13)20-14/h5-6,8,14H,4,7,9-11H2,1-3H3. The normalized spacial score (nSPS) is 16.9. The first-order valence-electron chi connectivity index (χ1n) is 7.17. The molecule has 0 saturated carbocycles. The van der Waals surface area contributed by atoms with Gasteiger partial charge in [-0.25, -0.2) is 0 Å². The highest BCUT2D eigenvalue weighted by Gasteiger charge is 2.25. The van der Waals surface area contributed by atoms with Crippen molar-refractivity contribution in [2.75, 3.05) is 26.7 Å². The highest BCUT2D eigenvalue weighted by Crippen LogP contribution is 2.29. The first-order valence-corrected chi connectivity index (χ1v) is 7.17. The lowest BCUT2D eigenvalue weighted by Gasteiger charge is -2.23. The number of esters is 1. The molecule has 0 spiro atoms. The van der Waals surface area contributed by atoms with Crippen molar-refractivity contribution in [3.05, 3.63) is 29.3 Å². The minimum atomic E-state index is -0.190. The van der Waals surface area contributed by atoms with Crippen LogP contribution >= 0.6 is 0 Å². The number of benzene rings is 1. The van der Waals surface area contributed by atoms with Crippen LogP contribution in [0.4, 0.5) is 0 Å². The highest BCUT2D eigenvalue weighted by molar-refractivity contribution is 5.71. The quantitative estimate of drug-likeness (QED) is 0.747. The van der Waals surface area contributed by atoms with Crippen LogP contribution in [0.3, 0.4) is 0 Å². The van der Waals surface area contributed by atoms with Crippen LogP contribution in [0.2, 0.25) is 0 Å². The van der Waals surface area contributed by atoms with E-state index in [4.69, 9.17) is 9.47 Å². The molecular weight excluding hydrogens is 254 g/mol. The fourth-order valence-electron chi connectivity index (χ4n) is 2.64. The van der Waals surface area contributed by atoms with Gasteiger partial charge in [0.05, 0.1) is 13.7 Å². The molecule has 0 N–H and O–H groups in total. The third kappa shape index (κ3) is 3.73. The maximum absolute atomic E-state index is 11.4. The topological polar surface area (TPSA) is 38.8 Å². The molecule has 20 heavy (non-hydrogen) atoms. The van der Waals surface area contributed by atoms with Gasteiger partial charge < -0.3 is 9.47 Å². The van der Waals surface area contributed by atoms with Crippen molar-refractivity contribution >= 4 is 5.97 Å². The third-order valence-electron chi connectivity index (χ3n) is 3.54. The molecule has 4 nitrogen and oxygen atoms in total. The second-order valence-electron chi connectivity index (χ2n) is 5.37. The van der Waals surface area contributed by atoms with Crippen LogP contribution in [0.15, 0.2) is 18.2 Å². The van der Waals surface area contributed by atoms with Gasteiger partial charge in [0.1, 0.15) is 11.9 Å². The molecule has 4 heteroatoms. The Labute approximate surface area is 120 Å². The smallest absolute Gasteiger partial charge is 0.319 e. The van der Waals surface area contributed by atoms with E-state index in [0.29, 0.717) is 6.54 Å². The summed E-state index contributed by atoms with van der Waals surface area (Å²) >= 11 is 0. The lowest BCUT2D eigenvalue weighted by Crippen LogP contribution is -2.39. The van der Waals surface area contributed by atoms with E-state index in [1.807, 2.05) is 6.07 Å². The summed E-state index contributed by atoms with van der Waals surface area (Å²) in [5.41, 5.74) is 2.53. The number of methoxy groups -OCH3 is 1. The number of aryl methyl sites for hydroxylation is 1. The van der Waals surface area contributed by atoms with Gasteiger partial charge in [-0.3, -0.25) is 9.69 Å². The van der Waals surface area contributed by atoms with E-state index in [0.717, 1.165) is 31.7 Å². The first kappa shape index (κ1) is 14.9. The molecular formula is C16H23NO3. The molecule has 0 aromatic heterocycles. The molecule has 0 bridgehead atoms. The van der Waals surface area contributed by atoms with Gasteiger partial charge in [-0.2, -0.15) is 0 Å². The molecule has 0 radical (unpaired) electrons. The molecule has 2 rings (SSSR count). The zero-order valence-corrected chi connectivity index (χ0v) is 12.5. The van der Waals surface area contributed by atoms with E-state index in [-0.39, 0.29) is 12.1 Å². The zero-order chi connectivity index (χ0) is 14.5. The van der Waals surface area contributed by atoms with Gasteiger partial charge in [0.2, 0.25) is 0 Å². The summed E-state index contributed by atoms with van der Waals surface area (Å²) < 4.78 is 10.7. The maximum Gasteiger partial charge on any atom is 0.319 e. The van der Waals surface area contributed by atoms with E-state index in [2.05, 4.69) is 30.9 Å². The van der Waals surface area contributed by atoms with Gasteiger partial charge in [0.25, 0.3) is 0 Å². The predicted molar refractivity (Wildman–Crippen MR) is 78.0 cm³/mol. The lowest BCUT2D eigenvalue weighted by molar-refractivity contribution is -0.142. The number of carbonyl (C=O) groups is 1. The van der Waals surface area contributed by atoms with E-state index >= 15 is 0 Å². The van der Waals surface area contributed by atoms with Crippen LogP contribution in [-0.2, 0) is 16.0 Å². The summed E-state index contributed by atoms with van der Waals surface area (Å²) in [6, 6.07) is 6.29. The Kier molecular flexibility index (Phi) is 5.01. The number of hydrogen-bond donors (Lipinski definition) is 0. The second-order valence-corrected chi connectivity index (χ2v) is 5.37. The lowest BCUT2D eigenvalue weighted by atomic mass is 10.1. The molecule has 1 aliphatic heterocycles. The molecule has 1 unspecified atom stereocenters. The number of rotatable bonds is 6. The Balaban J connectivity index is 1.94. The molecule has 1 aromatic carbocycles. The Hall–Kier alpha value is -1.55. The summed E-state index contributed by atoms with van der Waals surface area (Å²) in [6.07, 6.45) is 2.05. The van der Waals surface area contributed by atoms with Gasteiger partial charge in [0.15, 0.2) is 0 Å². The molecule has 0 aliphatic carbocycles. The van der Waals surface area contributed by atoms with Crippen molar-refractivity contribution in [1.82, 2.24) is 4.90 Å². The molecule has 1 aromatic rings. The maximum atomic E-state index is 11.4. The van der Waals surface area contributed by atoms with Gasteiger partial charge in [-0.15, -0.1) is 0 Å². The van der Waals surface area contributed by atoms with Crippen molar-refractivity contribution in [3.63, 3.8) is 0 Å². The van der Waals surface area contributed by atoms with Crippen LogP contribution in [0.1, 0.15) is 24.5 Å². The van der Waals surface area contributed by atoms with Crippen molar-refractivity contribution in [1.29, 1.82) is 0 Å². The molecule has 1 heterocycles. The molecule has 1 atom stereocenters. The zero-order valence-electron chi connectivity index (χ0n) is 12.5. The fraction of sp³-hybridized carbons (Fsp3) is 0.562. The molecule has 0 saturated heterocycles. The highest BCUT2D eigenvalue weighted by atomic mass is 16.5. The van der Waals surface area contributed by atoms with Crippen LogP contribution in [0.25, 0.3) is 0 Å².